The first-order chi connectivity index (χ1) is 10.7. The van der Waals surface area contributed by atoms with Crippen LogP contribution in [0.2, 0.25) is 5.02 Å². The lowest BCUT2D eigenvalue weighted by molar-refractivity contribution is 0.101. The van der Waals surface area contributed by atoms with Crippen LogP contribution in [0.25, 0.3) is 11.0 Å². The third kappa shape index (κ3) is 2.82. The van der Waals surface area contributed by atoms with Gasteiger partial charge in [0.1, 0.15) is 5.82 Å². The number of carbonyl (C=O) groups excluding carboxylic acids is 1. The molecule has 0 saturated carbocycles. The van der Waals surface area contributed by atoms with Crippen molar-refractivity contribution in [3.63, 3.8) is 0 Å². The average molecular weight is 315 g/mol. The predicted octanol–water partition coefficient (Wildman–Crippen LogP) is 2.94. The molecule has 0 unspecified atom stereocenters. The normalized spacial score (nSPS) is 10.5. The maximum atomic E-state index is 12.4. The molecule has 2 aromatic heterocycles. The van der Waals surface area contributed by atoms with Crippen LogP contribution < -0.4 is 10.1 Å². The predicted molar refractivity (Wildman–Crippen MR) is 83.3 cm³/mol. The van der Waals surface area contributed by atoms with Gasteiger partial charge in [0.15, 0.2) is 5.69 Å². The van der Waals surface area contributed by atoms with Gasteiger partial charge in [-0.05, 0) is 24.3 Å². The smallest absolute Gasteiger partial charge is 0.281 e. The lowest BCUT2D eigenvalue weighted by Gasteiger charge is -2.08. The highest BCUT2D eigenvalue weighted by molar-refractivity contribution is 6.30. The summed E-state index contributed by atoms with van der Waals surface area (Å²) < 4.78 is 5.16. The van der Waals surface area contributed by atoms with Crippen molar-refractivity contribution in [2.45, 2.75) is 0 Å². The molecule has 6 nitrogen and oxygen atoms in total. The molecule has 22 heavy (non-hydrogen) atoms. The number of amides is 1. The van der Waals surface area contributed by atoms with Gasteiger partial charge >= 0.3 is 0 Å². The van der Waals surface area contributed by atoms with E-state index in [9.17, 15) is 4.79 Å². The highest BCUT2D eigenvalue weighted by Gasteiger charge is 2.17. The molecule has 1 aromatic carbocycles. The number of aromatic nitrogens is 3. The van der Waals surface area contributed by atoms with E-state index in [1.54, 1.807) is 24.3 Å². The summed E-state index contributed by atoms with van der Waals surface area (Å²) in [5.74, 6) is 0.0708. The number of pyridine rings is 1. The number of ether oxygens (including phenoxy) is 1. The number of anilines is 1. The van der Waals surface area contributed by atoms with E-state index < -0.39 is 5.91 Å². The van der Waals surface area contributed by atoms with Gasteiger partial charge in [-0.1, -0.05) is 23.7 Å². The van der Waals surface area contributed by atoms with Crippen molar-refractivity contribution in [2.75, 3.05) is 12.4 Å². The van der Waals surface area contributed by atoms with Gasteiger partial charge < -0.3 is 10.1 Å². The molecular formula is C15H11ClN4O2. The summed E-state index contributed by atoms with van der Waals surface area (Å²) in [5.41, 5.74) is 1.36. The number of halogens is 1. The Morgan fingerprint density at radius 2 is 1.86 bits per heavy atom. The van der Waals surface area contributed by atoms with E-state index in [0.29, 0.717) is 21.9 Å². The first-order valence-electron chi connectivity index (χ1n) is 6.41. The molecule has 0 fully saturated rings. The number of nitrogens with zero attached hydrogens (tertiary/aromatic N) is 3. The van der Waals surface area contributed by atoms with Gasteiger partial charge in [-0.15, -0.1) is 0 Å². The van der Waals surface area contributed by atoms with Gasteiger partial charge in [0.2, 0.25) is 5.88 Å². The Hall–Kier alpha value is -2.73. The summed E-state index contributed by atoms with van der Waals surface area (Å²) in [6.45, 7) is 0. The van der Waals surface area contributed by atoms with Gasteiger partial charge in [0.25, 0.3) is 5.91 Å². The topological polar surface area (TPSA) is 77.0 Å². The van der Waals surface area contributed by atoms with Crippen molar-refractivity contribution in [3.05, 3.63) is 53.3 Å². The summed E-state index contributed by atoms with van der Waals surface area (Å²) in [7, 11) is 1.44. The molecule has 0 aliphatic rings. The molecule has 3 rings (SSSR count). The van der Waals surface area contributed by atoms with Gasteiger partial charge in [-0.25, -0.2) is 15.0 Å². The molecule has 0 aliphatic carbocycles. The molecule has 1 amide bonds. The monoisotopic (exact) mass is 314 g/mol. The van der Waals surface area contributed by atoms with Crippen LogP contribution >= 0.6 is 11.6 Å². The molecule has 0 spiro atoms. The van der Waals surface area contributed by atoms with Crippen LogP contribution in [-0.4, -0.2) is 28.0 Å². The Labute approximate surface area is 131 Å². The van der Waals surface area contributed by atoms with E-state index >= 15 is 0 Å². The summed E-state index contributed by atoms with van der Waals surface area (Å²) in [4.78, 5) is 25.0. The fourth-order valence-electron chi connectivity index (χ4n) is 1.90. The Bertz CT molecular complexity index is 837. The molecule has 1 N–H and O–H groups in total. The summed E-state index contributed by atoms with van der Waals surface area (Å²) >= 11 is 5.76. The van der Waals surface area contributed by atoms with Crippen molar-refractivity contribution in [2.24, 2.45) is 0 Å². The number of carbonyl (C=O) groups is 1. The average Bonchev–Trinajstić information content (AvgIpc) is 2.55. The minimum absolute atomic E-state index is 0.0953. The second-order valence-electron chi connectivity index (χ2n) is 4.39. The number of para-hydroxylation sites is 2. The van der Waals surface area contributed by atoms with E-state index in [1.807, 2.05) is 12.1 Å². The van der Waals surface area contributed by atoms with E-state index in [1.165, 1.54) is 13.3 Å². The van der Waals surface area contributed by atoms with Crippen LogP contribution in [-0.2, 0) is 0 Å². The zero-order valence-electron chi connectivity index (χ0n) is 11.6. The molecule has 110 valence electrons. The first-order valence-corrected chi connectivity index (χ1v) is 6.79. The van der Waals surface area contributed by atoms with Crippen LogP contribution in [0.3, 0.4) is 0 Å². The molecule has 0 atom stereocenters. The standard InChI is InChI=1S/C15H11ClN4O2/c1-22-15-13(18-10-4-2-3-5-11(10)19-15)14(21)20-12-7-6-9(16)8-17-12/h2-8H,1H3,(H,17,20,21). The van der Waals surface area contributed by atoms with Crippen LogP contribution in [0, 0.1) is 0 Å². The van der Waals surface area contributed by atoms with Crippen molar-refractivity contribution in [3.8, 4) is 5.88 Å². The Morgan fingerprint density at radius 1 is 1.14 bits per heavy atom. The number of fused-ring (bicyclic) bond motifs is 1. The van der Waals surface area contributed by atoms with Gasteiger partial charge in [-0.3, -0.25) is 4.79 Å². The van der Waals surface area contributed by atoms with Crippen LogP contribution in [0.1, 0.15) is 10.5 Å². The lowest BCUT2D eigenvalue weighted by atomic mass is 10.3. The fourth-order valence-corrected chi connectivity index (χ4v) is 2.01. The maximum absolute atomic E-state index is 12.4. The van der Waals surface area contributed by atoms with Crippen LogP contribution in [0.15, 0.2) is 42.6 Å². The third-order valence-electron chi connectivity index (χ3n) is 2.92. The highest BCUT2D eigenvalue weighted by atomic mass is 35.5. The molecule has 7 heteroatoms. The number of nitrogens with one attached hydrogen (secondary N) is 1. The van der Waals surface area contributed by atoms with Gasteiger partial charge in [0.05, 0.1) is 23.2 Å². The van der Waals surface area contributed by atoms with Crippen molar-refractivity contribution in [1.29, 1.82) is 0 Å². The first kappa shape index (κ1) is 14.2. The molecular weight excluding hydrogens is 304 g/mol. The van der Waals surface area contributed by atoms with Crippen molar-refractivity contribution < 1.29 is 9.53 Å². The molecule has 2 heterocycles. The van der Waals surface area contributed by atoms with E-state index in [0.717, 1.165) is 0 Å². The highest BCUT2D eigenvalue weighted by Crippen LogP contribution is 2.19. The zero-order chi connectivity index (χ0) is 15.5. The van der Waals surface area contributed by atoms with Gasteiger partial charge in [-0.2, -0.15) is 0 Å². The zero-order valence-corrected chi connectivity index (χ0v) is 12.3. The second-order valence-corrected chi connectivity index (χ2v) is 4.82. The quantitative estimate of drug-likeness (QED) is 0.804. The number of rotatable bonds is 3. The minimum Gasteiger partial charge on any atom is -0.479 e. The maximum Gasteiger partial charge on any atom is 0.281 e. The largest absolute Gasteiger partial charge is 0.479 e. The molecule has 0 radical (unpaired) electrons. The Balaban J connectivity index is 1.97. The SMILES string of the molecule is COc1nc2ccccc2nc1C(=O)Nc1ccc(Cl)cn1. The minimum atomic E-state index is -0.454. The molecule has 0 bridgehead atoms. The Morgan fingerprint density at radius 3 is 2.50 bits per heavy atom. The molecule has 0 saturated heterocycles. The number of hydrogen-bond donors (Lipinski definition) is 1. The summed E-state index contributed by atoms with van der Waals surface area (Å²) in [5, 5.41) is 3.12. The van der Waals surface area contributed by atoms with E-state index in [2.05, 4.69) is 20.3 Å². The molecule has 0 aliphatic heterocycles. The van der Waals surface area contributed by atoms with Crippen molar-refractivity contribution in [1.82, 2.24) is 15.0 Å². The van der Waals surface area contributed by atoms with Crippen LogP contribution in [0.5, 0.6) is 5.88 Å². The van der Waals surface area contributed by atoms with E-state index in [-0.39, 0.29) is 11.6 Å². The lowest BCUT2D eigenvalue weighted by Crippen LogP contribution is -2.16. The number of methoxy groups -OCH3 is 1. The summed E-state index contributed by atoms with van der Waals surface area (Å²) in [6.07, 6.45) is 1.44. The Kier molecular flexibility index (Phi) is 3.84. The summed E-state index contributed by atoms with van der Waals surface area (Å²) in [6, 6.07) is 10.5. The second kappa shape index (κ2) is 5.95. The van der Waals surface area contributed by atoms with E-state index in [4.69, 9.17) is 16.3 Å². The van der Waals surface area contributed by atoms with Crippen LogP contribution in [0.4, 0.5) is 5.82 Å². The van der Waals surface area contributed by atoms with Gasteiger partial charge in [0, 0.05) is 6.20 Å². The molecule has 3 aromatic rings. The third-order valence-corrected chi connectivity index (χ3v) is 3.14. The fraction of sp³-hybridized carbons (Fsp3) is 0.0667. The number of benzene rings is 1. The van der Waals surface area contributed by atoms with Crippen molar-refractivity contribution >= 4 is 34.4 Å². The number of hydrogen-bond acceptors (Lipinski definition) is 5.